The van der Waals surface area contributed by atoms with Gasteiger partial charge in [-0.1, -0.05) is 19.1 Å². The van der Waals surface area contributed by atoms with Gasteiger partial charge in [0.2, 0.25) is 0 Å². The molecular formula is C20H18F7N5. The van der Waals surface area contributed by atoms with Gasteiger partial charge in [-0.05, 0) is 23.6 Å². The largest absolute Gasteiger partial charge is 0.435 e. The molecule has 172 valence electrons. The van der Waals surface area contributed by atoms with Crippen LogP contribution in [-0.4, -0.2) is 34.2 Å². The van der Waals surface area contributed by atoms with E-state index in [0.29, 0.717) is 29.7 Å². The van der Waals surface area contributed by atoms with Crippen LogP contribution in [-0.2, 0) is 17.8 Å². The fraction of sp³-hybridized carbons (Fsp3) is 0.400. The lowest BCUT2D eigenvalue weighted by molar-refractivity contribution is -0.142. The first-order valence-electron chi connectivity index (χ1n) is 9.64. The van der Waals surface area contributed by atoms with Crippen molar-refractivity contribution in [2.24, 2.45) is 5.92 Å². The predicted molar refractivity (Wildman–Crippen MR) is 102 cm³/mol. The van der Waals surface area contributed by atoms with Gasteiger partial charge in [-0.2, -0.15) is 36.0 Å². The standard InChI is InChI=1S/C20H18F7N5/c1-18(12-8-28-9-12,11-2-4-13(21)5-3-11)10-29-16-6-14(19(22,23)24)30-17-7-15(20(25,26)27)31-32(16)17/h2-7,12,28-29H,8-10H2,1H3/t18-/m1/s1. The minimum atomic E-state index is -4.86. The molecule has 0 saturated carbocycles. The average molecular weight is 461 g/mol. The number of anilines is 1. The SMILES string of the molecule is C[C@@](CNc1cc(C(F)(F)F)nc2cc(C(F)(F)F)nn12)(c1ccc(F)cc1)C1CNC1. The maximum Gasteiger partial charge on any atom is 0.435 e. The summed E-state index contributed by atoms with van der Waals surface area (Å²) in [5, 5.41) is 9.37. The highest BCUT2D eigenvalue weighted by atomic mass is 19.4. The van der Waals surface area contributed by atoms with Gasteiger partial charge in [0.25, 0.3) is 0 Å². The van der Waals surface area contributed by atoms with Crippen LogP contribution in [0.4, 0.5) is 36.6 Å². The molecule has 0 spiro atoms. The first-order valence-corrected chi connectivity index (χ1v) is 9.64. The van der Waals surface area contributed by atoms with E-state index >= 15 is 0 Å². The highest BCUT2D eigenvalue weighted by Crippen LogP contribution is 2.37. The van der Waals surface area contributed by atoms with E-state index in [9.17, 15) is 30.7 Å². The number of halogens is 7. The molecule has 0 unspecified atom stereocenters. The van der Waals surface area contributed by atoms with Crippen molar-refractivity contribution in [3.8, 4) is 0 Å². The Balaban J connectivity index is 1.74. The third kappa shape index (κ3) is 4.10. The fourth-order valence-corrected chi connectivity index (χ4v) is 3.71. The van der Waals surface area contributed by atoms with Gasteiger partial charge in [0.15, 0.2) is 17.0 Å². The topological polar surface area (TPSA) is 54.2 Å². The van der Waals surface area contributed by atoms with E-state index in [1.807, 2.05) is 6.92 Å². The zero-order valence-corrected chi connectivity index (χ0v) is 16.7. The molecule has 1 aliphatic heterocycles. The number of aromatic nitrogens is 3. The molecule has 32 heavy (non-hydrogen) atoms. The van der Waals surface area contributed by atoms with Crippen molar-refractivity contribution in [1.29, 1.82) is 0 Å². The van der Waals surface area contributed by atoms with Crippen LogP contribution >= 0.6 is 0 Å². The molecule has 1 aliphatic rings. The third-order valence-electron chi connectivity index (χ3n) is 5.83. The number of rotatable bonds is 5. The quantitative estimate of drug-likeness (QED) is 0.550. The van der Waals surface area contributed by atoms with Crippen LogP contribution in [0.1, 0.15) is 23.9 Å². The van der Waals surface area contributed by atoms with Gasteiger partial charge < -0.3 is 10.6 Å². The smallest absolute Gasteiger partial charge is 0.369 e. The van der Waals surface area contributed by atoms with E-state index in [0.717, 1.165) is 5.56 Å². The first kappa shape index (κ1) is 22.3. The molecule has 0 amide bonds. The van der Waals surface area contributed by atoms with E-state index in [-0.39, 0.29) is 18.3 Å². The molecule has 0 radical (unpaired) electrons. The second-order valence-electron chi connectivity index (χ2n) is 7.95. The highest BCUT2D eigenvalue weighted by molar-refractivity contribution is 5.52. The summed E-state index contributed by atoms with van der Waals surface area (Å²) < 4.78 is 93.4. The van der Waals surface area contributed by atoms with Crippen LogP contribution < -0.4 is 10.6 Å². The van der Waals surface area contributed by atoms with Crippen molar-refractivity contribution in [2.45, 2.75) is 24.7 Å². The summed E-state index contributed by atoms with van der Waals surface area (Å²) in [5.41, 5.74) is -3.17. The summed E-state index contributed by atoms with van der Waals surface area (Å²) >= 11 is 0. The van der Waals surface area contributed by atoms with E-state index in [1.165, 1.54) is 12.1 Å². The van der Waals surface area contributed by atoms with Crippen LogP contribution in [0.5, 0.6) is 0 Å². The second-order valence-corrected chi connectivity index (χ2v) is 7.95. The molecule has 3 heterocycles. The molecule has 1 atom stereocenters. The molecule has 2 N–H and O–H groups in total. The lowest BCUT2D eigenvalue weighted by Crippen LogP contribution is -2.55. The molecule has 5 nitrogen and oxygen atoms in total. The van der Waals surface area contributed by atoms with Crippen LogP contribution in [0.3, 0.4) is 0 Å². The number of hydrogen-bond donors (Lipinski definition) is 2. The van der Waals surface area contributed by atoms with Gasteiger partial charge >= 0.3 is 12.4 Å². The Morgan fingerprint density at radius 2 is 1.62 bits per heavy atom. The maximum absolute atomic E-state index is 13.4. The summed E-state index contributed by atoms with van der Waals surface area (Å²) in [6, 6.07) is 6.85. The Morgan fingerprint density at radius 3 is 2.16 bits per heavy atom. The molecule has 2 aromatic heterocycles. The molecule has 12 heteroatoms. The summed E-state index contributed by atoms with van der Waals surface area (Å²) in [6.07, 6.45) is -9.71. The van der Waals surface area contributed by atoms with Crippen molar-refractivity contribution >= 4 is 11.5 Å². The monoisotopic (exact) mass is 461 g/mol. The Labute approximate surface area is 177 Å². The molecule has 0 bridgehead atoms. The molecule has 1 saturated heterocycles. The van der Waals surface area contributed by atoms with Crippen molar-refractivity contribution in [2.75, 3.05) is 25.0 Å². The highest BCUT2D eigenvalue weighted by Gasteiger charge is 2.41. The van der Waals surface area contributed by atoms with Crippen molar-refractivity contribution < 1.29 is 30.7 Å². The molecular weight excluding hydrogens is 443 g/mol. The molecule has 0 aliphatic carbocycles. The third-order valence-corrected chi connectivity index (χ3v) is 5.83. The minimum Gasteiger partial charge on any atom is -0.369 e. The van der Waals surface area contributed by atoms with Crippen LogP contribution in [0, 0.1) is 11.7 Å². The lowest BCUT2D eigenvalue weighted by atomic mass is 9.69. The van der Waals surface area contributed by atoms with Crippen LogP contribution in [0.25, 0.3) is 5.65 Å². The summed E-state index contributed by atoms with van der Waals surface area (Å²) in [6.45, 7) is 3.21. The zero-order valence-electron chi connectivity index (χ0n) is 16.7. The predicted octanol–water partition coefficient (Wildman–Crippen LogP) is 4.50. The van der Waals surface area contributed by atoms with E-state index in [4.69, 9.17) is 0 Å². The Hall–Kier alpha value is -2.89. The van der Waals surface area contributed by atoms with E-state index in [1.54, 1.807) is 12.1 Å². The number of benzene rings is 1. The number of nitrogens with one attached hydrogen (secondary N) is 2. The molecule has 3 aromatic rings. The van der Waals surface area contributed by atoms with Crippen LogP contribution in [0.2, 0.25) is 0 Å². The maximum atomic E-state index is 13.4. The number of hydrogen-bond acceptors (Lipinski definition) is 4. The average Bonchev–Trinajstić information content (AvgIpc) is 3.09. The second kappa shape index (κ2) is 7.61. The molecule has 1 aromatic carbocycles. The Bertz CT molecular complexity index is 1120. The Morgan fingerprint density at radius 1 is 1.00 bits per heavy atom. The van der Waals surface area contributed by atoms with Crippen LogP contribution in [0.15, 0.2) is 36.4 Å². The van der Waals surface area contributed by atoms with Crippen molar-refractivity contribution in [3.05, 3.63) is 59.2 Å². The Kier molecular flexibility index (Phi) is 5.30. The van der Waals surface area contributed by atoms with E-state index < -0.39 is 40.6 Å². The zero-order chi connectivity index (χ0) is 23.3. The fourth-order valence-electron chi connectivity index (χ4n) is 3.71. The van der Waals surface area contributed by atoms with Gasteiger partial charge in [-0.3, -0.25) is 0 Å². The lowest BCUT2D eigenvalue weighted by Gasteiger charge is -2.44. The molecule has 4 rings (SSSR count). The number of alkyl halides is 6. The van der Waals surface area contributed by atoms with Gasteiger partial charge in [0, 0.05) is 37.2 Å². The van der Waals surface area contributed by atoms with Crippen molar-refractivity contribution in [1.82, 2.24) is 19.9 Å². The van der Waals surface area contributed by atoms with E-state index in [2.05, 4.69) is 20.7 Å². The number of fused-ring (bicyclic) bond motifs is 1. The summed E-state index contributed by atoms with van der Waals surface area (Å²) in [5.74, 6) is -0.639. The van der Waals surface area contributed by atoms with Gasteiger partial charge in [-0.25, -0.2) is 9.37 Å². The van der Waals surface area contributed by atoms with Crippen molar-refractivity contribution in [3.63, 3.8) is 0 Å². The normalized spacial score (nSPS) is 17.2. The van der Waals surface area contributed by atoms with Gasteiger partial charge in [0.1, 0.15) is 11.6 Å². The van der Waals surface area contributed by atoms with Gasteiger partial charge in [-0.15, -0.1) is 0 Å². The first-order chi connectivity index (χ1) is 14.9. The summed E-state index contributed by atoms with van der Waals surface area (Å²) in [7, 11) is 0. The molecule has 1 fully saturated rings. The number of nitrogens with zero attached hydrogens (tertiary/aromatic N) is 3. The minimum absolute atomic E-state index is 0.0720. The summed E-state index contributed by atoms with van der Waals surface area (Å²) in [4.78, 5) is 3.30. The van der Waals surface area contributed by atoms with Gasteiger partial charge in [0.05, 0.1) is 0 Å².